The van der Waals surface area contributed by atoms with E-state index in [1.165, 1.54) is 0 Å². The molecule has 0 aliphatic rings. The van der Waals surface area contributed by atoms with Crippen LogP contribution in [0.4, 0.5) is 0 Å². The molecule has 1 heterocycles. The third-order valence-corrected chi connectivity index (χ3v) is 4.08. The maximum absolute atomic E-state index is 5.81. The number of aromatic nitrogens is 2. The highest BCUT2D eigenvalue weighted by atomic mass is 79.9. The zero-order valence-electron chi connectivity index (χ0n) is 12.1. The fraction of sp³-hybridized carbons (Fsp3) is 0.357. The van der Waals surface area contributed by atoms with Crippen molar-refractivity contribution >= 4 is 31.9 Å². The van der Waals surface area contributed by atoms with Gasteiger partial charge < -0.3 is 4.74 Å². The molecule has 114 valence electrons. The molecule has 0 radical (unpaired) electrons. The van der Waals surface area contributed by atoms with Crippen molar-refractivity contribution < 1.29 is 4.74 Å². The van der Waals surface area contributed by atoms with Crippen LogP contribution in [0.1, 0.15) is 37.2 Å². The zero-order valence-corrected chi connectivity index (χ0v) is 15.3. The summed E-state index contributed by atoms with van der Waals surface area (Å²) in [7, 11) is 1.63. The Kier molecular flexibility index (Phi) is 5.43. The summed E-state index contributed by atoms with van der Waals surface area (Å²) in [6.07, 6.45) is 1.71. The zero-order chi connectivity index (χ0) is 15.6. The highest BCUT2D eigenvalue weighted by Crippen LogP contribution is 2.33. The second-order valence-electron chi connectivity index (χ2n) is 4.94. The third-order valence-electron chi connectivity index (χ3n) is 3.17. The van der Waals surface area contributed by atoms with Crippen molar-refractivity contribution in [3.05, 3.63) is 44.6 Å². The first-order valence-corrected chi connectivity index (χ1v) is 8.10. The second kappa shape index (κ2) is 6.91. The van der Waals surface area contributed by atoms with Crippen LogP contribution in [0.15, 0.2) is 33.3 Å². The SMILES string of the molecule is COc1cnn(C(C)C)c1C(NN)c1cc(Br)cc(Br)c1. The lowest BCUT2D eigenvalue weighted by atomic mass is 10.0. The number of benzene rings is 1. The number of ether oxygens (including phenoxy) is 1. The fourth-order valence-electron chi connectivity index (χ4n) is 2.27. The largest absolute Gasteiger partial charge is 0.493 e. The van der Waals surface area contributed by atoms with Gasteiger partial charge in [0.15, 0.2) is 5.75 Å². The summed E-state index contributed by atoms with van der Waals surface area (Å²) in [5.41, 5.74) is 4.78. The van der Waals surface area contributed by atoms with Gasteiger partial charge in [-0.3, -0.25) is 10.5 Å². The molecule has 2 rings (SSSR count). The first-order chi connectivity index (χ1) is 9.97. The Morgan fingerprint density at radius 3 is 2.33 bits per heavy atom. The van der Waals surface area contributed by atoms with Gasteiger partial charge in [-0.1, -0.05) is 31.9 Å². The smallest absolute Gasteiger partial charge is 0.161 e. The van der Waals surface area contributed by atoms with E-state index in [0.29, 0.717) is 5.75 Å². The van der Waals surface area contributed by atoms with Crippen molar-refractivity contribution in [2.24, 2.45) is 5.84 Å². The highest BCUT2D eigenvalue weighted by molar-refractivity contribution is 9.11. The van der Waals surface area contributed by atoms with Crippen LogP contribution in [0, 0.1) is 0 Å². The molecule has 1 atom stereocenters. The van der Waals surface area contributed by atoms with Gasteiger partial charge in [-0.25, -0.2) is 5.43 Å². The summed E-state index contributed by atoms with van der Waals surface area (Å²) in [5, 5.41) is 4.40. The number of methoxy groups -OCH3 is 1. The summed E-state index contributed by atoms with van der Waals surface area (Å²) in [5.74, 6) is 6.52. The molecule has 1 aromatic heterocycles. The summed E-state index contributed by atoms with van der Waals surface area (Å²) < 4.78 is 9.30. The van der Waals surface area contributed by atoms with E-state index in [4.69, 9.17) is 10.6 Å². The van der Waals surface area contributed by atoms with Crippen molar-refractivity contribution in [1.29, 1.82) is 0 Å². The molecule has 5 nitrogen and oxygen atoms in total. The van der Waals surface area contributed by atoms with E-state index < -0.39 is 0 Å². The van der Waals surface area contributed by atoms with E-state index in [1.54, 1.807) is 13.3 Å². The molecular formula is C14H18Br2N4O. The molecule has 0 aliphatic carbocycles. The van der Waals surface area contributed by atoms with Gasteiger partial charge in [-0.05, 0) is 37.6 Å². The molecular weight excluding hydrogens is 400 g/mol. The Morgan fingerprint density at radius 2 is 1.86 bits per heavy atom. The molecule has 0 aliphatic heterocycles. The predicted octanol–water partition coefficient (Wildman–Crippen LogP) is 3.55. The number of nitrogens with two attached hydrogens (primary N) is 1. The standard InChI is InChI=1S/C14H18Br2N4O/c1-8(2)20-14(12(21-3)7-18-20)13(19-17)9-4-10(15)6-11(16)5-9/h4-8,13,19H,17H2,1-3H3. The van der Waals surface area contributed by atoms with Crippen molar-refractivity contribution in [3.63, 3.8) is 0 Å². The van der Waals surface area contributed by atoms with Gasteiger partial charge in [0, 0.05) is 15.0 Å². The van der Waals surface area contributed by atoms with E-state index in [-0.39, 0.29) is 12.1 Å². The Balaban J connectivity index is 2.57. The number of nitrogens with zero attached hydrogens (tertiary/aromatic N) is 2. The maximum Gasteiger partial charge on any atom is 0.161 e. The van der Waals surface area contributed by atoms with Crippen LogP contribution >= 0.6 is 31.9 Å². The van der Waals surface area contributed by atoms with Gasteiger partial charge in [-0.15, -0.1) is 0 Å². The monoisotopic (exact) mass is 416 g/mol. The normalized spacial score (nSPS) is 12.7. The summed E-state index contributed by atoms with van der Waals surface area (Å²) in [4.78, 5) is 0. The number of nitrogens with one attached hydrogen (secondary N) is 1. The lowest BCUT2D eigenvalue weighted by Crippen LogP contribution is -2.31. The van der Waals surface area contributed by atoms with Crippen LogP contribution in [-0.4, -0.2) is 16.9 Å². The van der Waals surface area contributed by atoms with Crippen molar-refractivity contribution in [1.82, 2.24) is 15.2 Å². The van der Waals surface area contributed by atoms with Gasteiger partial charge in [0.25, 0.3) is 0 Å². The third kappa shape index (κ3) is 3.48. The Hall–Kier alpha value is -0.890. The number of hydrazine groups is 1. The van der Waals surface area contributed by atoms with Crippen LogP contribution in [0.3, 0.4) is 0 Å². The summed E-state index contributed by atoms with van der Waals surface area (Å²) in [6, 6.07) is 6.00. The molecule has 7 heteroatoms. The first kappa shape index (κ1) is 16.5. The van der Waals surface area contributed by atoms with E-state index in [0.717, 1.165) is 20.2 Å². The predicted molar refractivity (Wildman–Crippen MR) is 90.2 cm³/mol. The van der Waals surface area contributed by atoms with E-state index in [2.05, 4.69) is 56.2 Å². The van der Waals surface area contributed by atoms with E-state index in [9.17, 15) is 0 Å². The number of hydrogen-bond acceptors (Lipinski definition) is 4. The molecule has 0 saturated heterocycles. The second-order valence-corrected chi connectivity index (χ2v) is 6.77. The molecule has 0 spiro atoms. The lowest BCUT2D eigenvalue weighted by Gasteiger charge is -2.21. The number of hydrogen-bond donors (Lipinski definition) is 2. The topological polar surface area (TPSA) is 65.1 Å². The molecule has 0 bridgehead atoms. The van der Waals surface area contributed by atoms with E-state index in [1.807, 2.05) is 22.9 Å². The van der Waals surface area contributed by atoms with Crippen LogP contribution < -0.4 is 16.0 Å². The van der Waals surface area contributed by atoms with Crippen molar-refractivity contribution in [3.8, 4) is 5.75 Å². The quantitative estimate of drug-likeness (QED) is 0.576. The van der Waals surface area contributed by atoms with Crippen LogP contribution in [0.25, 0.3) is 0 Å². The molecule has 0 saturated carbocycles. The van der Waals surface area contributed by atoms with Crippen molar-refractivity contribution in [2.75, 3.05) is 7.11 Å². The Morgan fingerprint density at radius 1 is 1.24 bits per heavy atom. The summed E-state index contributed by atoms with van der Waals surface area (Å²) >= 11 is 7.01. The van der Waals surface area contributed by atoms with Gasteiger partial charge in [0.2, 0.25) is 0 Å². The Labute approximate surface area is 141 Å². The van der Waals surface area contributed by atoms with Crippen molar-refractivity contribution in [2.45, 2.75) is 25.9 Å². The first-order valence-electron chi connectivity index (χ1n) is 6.51. The van der Waals surface area contributed by atoms with Crippen LogP contribution in [0.2, 0.25) is 0 Å². The fourth-order valence-corrected chi connectivity index (χ4v) is 3.60. The Bertz CT molecular complexity index is 607. The molecule has 0 amide bonds. The molecule has 21 heavy (non-hydrogen) atoms. The van der Waals surface area contributed by atoms with Crippen LogP contribution in [0.5, 0.6) is 5.75 Å². The minimum Gasteiger partial charge on any atom is -0.493 e. The minimum atomic E-state index is -0.223. The molecule has 1 aromatic carbocycles. The summed E-state index contributed by atoms with van der Waals surface area (Å²) in [6.45, 7) is 4.14. The van der Waals surface area contributed by atoms with Gasteiger partial charge >= 0.3 is 0 Å². The highest BCUT2D eigenvalue weighted by Gasteiger charge is 2.24. The lowest BCUT2D eigenvalue weighted by molar-refractivity contribution is 0.394. The molecule has 1 unspecified atom stereocenters. The van der Waals surface area contributed by atoms with Gasteiger partial charge in [0.05, 0.1) is 19.3 Å². The molecule has 3 N–H and O–H groups in total. The van der Waals surface area contributed by atoms with Crippen LogP contribution in [-0.2, 0) is 0 Å². The number of rotatable bonds is 5. The van der Waals surface area contributed by atoms with E-state index >= 15 is 0 Å². The minimum absolute atomic E-state index is 0.204. The van der Waals surface area contributed by atoms with Gasteiger partial charge in [-0.2, -0.15) is 5.10 Å². The molecule has 2 aromatic rings. The number of halogens is 2. The average Bonchev–Trinajstić information content (AvgIpc) is 2.82. The maximum atomic E-state index is 5.81. The molecule has 0 fully saturated rings. The van der Waals surface area contributed by atoms with Gasteiger partial charge in [0.1, 0.15) is 5.69 Å². The average molecular weight is 418 g/mol.